The van der Waals surface area contributed by atoms with Crippen molar-refractivity contribution in [2.75, 3.05) is 6.54 Å². The Balaban J connectivity index is 2.36. The van der Waals surface area contributed by atoms with Crippen molar-refractivity contribution >= 4 is 11.6 Å². The number of nitrogens with zero attached hydrogens (tertiary/aromatic N) is 2. The van der Waals surface area contributed by atoms with Crippen LogP contribution in [-0.2, 0) is 6.54 Å². The highest BCUT2D eigenvalue weighted by Gasteiger charge is 2.11. The minimum absolute atomic E-state index is 0.745. The van der Waals surface area contributed by atoms with Gasteiger partial charge in [-0.25, -0.2) is 4.68 Å². The molecule has 19 heavy (non-hydrogen) atoms. The van der Waals surface area contributed by atoms with Crippen molar-refractivity contribution in [2.45, 2.75) is 34.2 Å². The number of halogens is 1. The fourth-order valence-electron chi connectivity index (χ4n) is 2.14. The van der Waals surface area contributed by atoms with Crippen molar-refractivity contribution in [1.82, 2.24) is 15.1 Å². The van der Waals surface area contributed by atoms with Crippen LogP contribution in [0.4, 0.5) is 0 Å². The van der Waals surface area contributed by atoms with Crippen LogP contribution in [0.3, 0.4) is 0 Å². The molecule has 0 fully saturated rings. The second kappa shape index (κ2) is 5.76. The molecule has 102 valence electrons. The smallest absolute Gasteiger partial charge is 0.0848 e. The van der Waals surface area contributed by atoms with E-state index in [0.717, 1.165) is 35.2 Å². The van der Waals surface area contributed by atoms with Crippen LogP contribution >= 0.6 is 11.6 Å². The fraction of sp³-hybridized carbons (Fsp3) is 0.400. The number of benzene rings is 1. The van der Waals surface area contributed by atoms with Gasteiger partial charge in [0.2, 0.25) is 0 Å². The molecule has 4 heteroatoms. The van der Waals surface area contributed by atoms with Crippen LogP contribution in [0.15, 0.2) is 18.2 Å². The normalized spacial score (nSPS) is 11.0. The fourth-order valence-corrected chi connectivity index (χ4v) is 2.26. The molecule has 0 aliphatic rings. The average Bonchev–Trinajstić information content (AvgIpc) is 2.65. The van der Waals surface area contributed by atoms with Crippen LogP contribution in [0.5, 0.6) is 0 Å². The summed E-state index contributed by atoms with van der Waals surface area (Å²) in [6, 6.07) is 6.40. The molecule has 3 nitrogen and oxygen atoms in total. The standard InChI is InChI=1S/C15H20ClN3/c1-5-17-9-13-6-7-14(8-10(13)2)19-12(4)15(16)11(3)18-19/h6-8,17H,5,9H2,1-4H3. The zero-order valence-electron chi connectivity index (χ0n) is 11.9. The largest absolute Gasteiger partial charge is 0.313 e. The van der Waals surface area contributed by atoms with Gasteiger partial charge in [-0.3, -0.25) is 0 Å². The third-order valence-electron chi connectivity index (χ3n) is 3.34. The van der Waals surface area contributed by atoms with E-state index in [1.165, 1.54) is 11.1 Å². The minimum Gasteiger partial charge on any atom is -0.313 e. The first-order valence-corrected chi connectivity index (χ1v) is 6.94. The number of rotatable bonds is 4. The van der Waals surface area contributed by atoms with E-state index in [4.69, 9.17) is 11.6 Å². The quantitative estimate of drug-likeness (QED) is 0.926. The van der Waals surface area contributed by atoms with Gasteiger partial charge in [0.05, 0.1) is 22.1 Å². The number of hydrogen-bond donors (Lipinski definition) is 1. The zero-order chi connectivity index (χ0) is 14.0. The molecule has 0 saturated heterocycles. The van der Waals surface area contributed by atoms with Gasteiger partial charge in [0.25, 0.3) is 0 Å². The van der Waals surface area contributed by atoms with E-state index in [-0.39, 0.29) is 0 Å². The number of hydrogen-bond acceptors (Lipinski definition) is 2. The zero-order valence-corrected chi connectivity index (χ0v) is 12.7. The molecule has 0 aliphatic carbocycles. The molecule has 0 atom stereocenters. The highest BCUT2D eigenvalue weighted by atomic mass is 35.5. The molecule has 2 rings (SSSR count). The first-order valence-electron chi connectivity index (χ1n) is 6.57. The van der Waals surface area contributed by atoms with Gasteiger partial charge >= 0.3 is 0 Å². The summed E-state index contributed by atoms with van der Waals surface area (Å²) in [7, 11) is 0. The van der Waals surface area contributed by atoms with Crippen molar-refractivity contribution in [3.8, 4) is 5.69 Å². The van der Waals surface area contributed by atoms with Crippen molar-refractivity contribution in [2.24, 2.45) is 0 Å². The van der Waals surface area contributed by atoms with Crippen molar-refractivity contribution in [3.63, 3.8) is 0 Å². The third kappa shape index (κ3) is 2.82. The molecule has 0 amide bonds. The second-order valence-electron chi connectivity index (χ2n) is 4.79. The number of aryl methyl sites for hydroxylation is 2. The summed E-state index contributed by atoms with van der Waals surface area (Å²) in [5, 5.41) is 8.57. The molecule has 0 spiro atoms. The second-order valence-corrected chi connectivity index (χ2v) is 5.17. The Morgan fingerprint density at radius 2 is 2.00 bits per heavy atom. The van der Waals surface area contributed by atoms with Gasteiger partial charge in [0, 0.05) is 6.54 Å². The van der Waals surface area contributed by atoms with E-state index < -0.39 is 0 Å². The lowest BCUT2D eigenvalue weighted by atomic mass is 10.1. The van der Waals surface area contributed by atoms with E-state index >= 15 is 0 Å². The minimum atomic E-state index is 0.745. The first kappa shape index (κ1) is 14.1. The number of aromatic nitrogens is 2. The van der Waals surface area contributed by atoms with Crippen LogP contribution in [-0.4, -0.2) is 16.3 Å². The molecule has 0 aliphatic heterocycles. The Morgan fingerprint density at radius 1 is 1.26 bits per heavy atom. The van der Waals surface area contributed by atoms with Crippen LogP contribution < -0.4 is 5.32 Å². The van der Waals surface area contributed by atoms with Crippen molar-refractivity contribution in [3.05, 3.63) is 45.7 Å². The summed E-state index contributed by atoms with van der Waals surface area (Å²) < 4.78 is 1.90. The van der Waals surface area contributed by atoms with Crippen molar-refractivity contribution in [1.29, 1.82) is 0 Å². The van der Waals surface area contributed by atoms with Gasteiger partial charge in [-0.1, -0.05) is 24.6 Å². The van der Waals surface area contributed by atoms with Gasteiger partial charge in [0.1, 0.15) is 0 Å². The average molecular weight is 278 g/mol. The first-order chi connectivity index (χ1) is 9.04. The van der Waals surface area contributed by atoms with Crippen molar-refractivity contribution < 1.29 is 0 Å². The summed E-state index contributed by atoms with van der Waals surface area (Å²) in [4.78, 5) is 0. The maximum Gasteiger partial charge on any atom is 0.0848 e. The van der Waals surface area contributed by atoms with Gasteiger partial charge in [-0.15, -0.1) is 0 Å². The maximum atomic E-state index is 6.19. The SMILES string of the molecule is CCNCc1ccc(-n2nc(C)c(Cl)c2C)cc1C. The van der Waals surface area contributed by atoms with Gasteiger partial charge < -0.3 is 5.32 Å². The highest BCUT2D eigenvalue weighted by molar-refractivity contribution is 6.31. The predicted octanol–water partition coefficient (Wildman–Crippen LogP) is 3.56. The molecule has 0 saturated carbocycles. The molecule has 0 radical (unpaired) electrons. The highest BCUT2D eigenvalue weighted by Crippen LogP contribution is 2.23. The lowest BCUT2D eigenvalue weighted by Crippen LogP contribution is -2.13. The molecule has 1 aromatic carbocycles. The van der Waals surface area contributed by atoms with E-state index in [1.54, 1.807) is 0 Å². The third-order valence-corrected chi connectivity index (χ3v) is 3.89. The van der Waals surface area contributed by atoms with E-state index in [0.29, 0.717) is 0 Å². The molecule has 0 unspecified atom stereocenters. The van der Waals surface area contributed by atoms with Crippen LogP contribution in [0.1, 0.15) is 29.4 Å². The monoisotopic (exact) mass is 277 g/mol. The van der Waals surface area contributed by atoms with E-state index in [2.05, 4.69) is 42.5 Å². The summed E-state index contributed by atoms with van der Waals surface area (Å²) in [6.07, 6.45) is 0. The topological polar surface area (TPSA) is 29.9 Å². The Bertz CT molecular complexity index is 587. The lowest BCUT2D eigenvalue weighted by molar-refractivity contribution is 0.722. The van der Waals surface area contributed by atoms with E-state index in [1.807, 2.05) is 18.5 Å². The molecular formula is C15H20ClN3. The van der Waals surface area contributed by atoms with Gasteiger partial charge in [-0.05, 0) is 50.6 Å². The lowest BCUT2D eigenvalue weighted by Gasteiger charge is -2.10. The maximum absolute atomic E-state index is 6.19. The van der Waals surface area contributed by atoms with E-state index in [9.17, 15) is 0 Å². The molecule has 1 aromatic heterocycles. The molecule has 2 aromatic rings. The summed E-state index contributed by atoms with van der Waals surface area (Å²) in [5.74, 6) is 0. The van der Waals surface area contributed by atoms with Crippen LogP contribution in [0.2, 0.25) is 5.02 Å². The predicted molar refractivity (Wildman–Crippen MR) is 80.2 cm³/mol. The summed E-state index contributed by atoms with van der Waals surface area (Å²) in [6.45, 7) is 10.0. The van der Waals surface area contributed by atoms with Gasteiger partial charge in [0.15, 0.2) is 0 Å². The molecular weight excluding hydrogens is 258 g/mol. The molecule has 0 bridgehead atoms. The Labute approximate surface area is 119 Å². The molecule has 1 N–H and O–H groups in total. The van der Waals surface area contributed by atoms with Crippen LogP contribution in [0, 0.1) is 20.8 Å². The summed E-state index contributed by atoms with van der Waals surface area (Å²) in [5.41, 5.74) is 5.50. The summed E-state index contributed by atoms with van der Waals surface area (Å²) >= 11 is 6.19. The van der Waals surface area contributed by atoms with Crippen LogP contribution in [0.25, 0.3) is 5.69 Å². The Hall–Kier alpha value is -1.32. The number of nitrogens with one attached hydrogen (secondary N) is 1. The molecule has 1 heterocycles. The Kier molecular flexibility index (Phi) is 4.27. The Morgan fingerprint density at radius 3 is 2.53 bits per heavy atom. The van der Waals surface area contributed by atoms with Gasteiger partial charge in [-0.2, -0.15) is 5.10 Å².